The molecule has 0 saturated carbocycles. The van der Waals surface area contributed by atoms with E-state index in [0.717, 1.165) is 26.2 Å². The van der Waals surface area contributed by atoms with Gasteiger partial charge in [0.05, 0.1) is 12.7 Å². The largest absolute Gasteiger partial charge is 0.374 e. The molecule has 0 amide bonds. The summed E-state index contributed by atoms with van der Waals surface area (Å²) < 4.78 is 5.70. The lowest BCUT2D eigenvalue weighted by atomic mass is 10.1. The van der Waals surface area contributed by atoms with E-state index in [4.69, 9.17) is 4.74 Å². The maximum atomic E-state index is 5.70. The van der Waals surface area contributed by atoms with Crippen LogP contribution < -0.4 is 5.32 Å². The molecule has 0 bridgehead atoms. The average Bonchev–Trinajstić information content (AvgIpc) is 2.23. The fraction of sp³-hybridized carbons (Fsp3) is 1.00. The minimum absolute atomic E-state index is 0.382. The van der Waals surface area contributed by atoms with Crippen molar-refractivity contribution < 1.29 is 4.74 Å². The van der Waals surface area contributed by atoms with Crippen LogP contribution in [0.3, 0.4) is 0 Å². The topological polar surface area (TPSA) is 24.5 Å². The molecule has 0 aliphatic carbocycles. The maximum absolute atomic E-state index is 5.70. The van der Waals surface area contributed by atoms with Crippen LogP contribution in [0.1, 0.15) is 33.1 Å². The predicted octanol–water partition coefficient (Wildman–Crippen LogP) is 1.49. The molecule has 1 aliphatic heterocycles. The highest BCUT2D eigenvalue weighted by Gasteiger charge is 2.17. The zero-order valence-corrected chi connectivity index (χ0v) is 10.5. The fourth-order valence-electron chi connectivity index (χ4n) is 1.94. The molecule has 90 valence electrons. The van der Waals surface area contributed by atoms with Gasteiger partial charge in [-0.15, -0.1) is 0 Å². The van der Waals surface area contributed by atoms with E-state index < -0.39 is 0 Å². The second-order valence-electron chi connectivity index (χ2n) is 4.71. The zero-order valence-electron chi connectivity index (χ0n) is 10.5. The summed E-state index contributed by atoms with van der Waals surface area (Å²) in [4.78, 5) is 2.34. The van der Waals surface area contributed by atoms with Gasteiger partial charge >= 0.3 is 0 Å². The van der Waals surface area contributed by atoms with Gasteiger partial charge in [-0.05, 0) is 20.4 Å². The van der Waals surface area contributed by atoms with E-state index >= 15 is 0 Å². The lowest BCUT2D eigenvalue weighted by Gasteiger charge is -2.31. The fourth-order valence-corrected chi connectivity index (χ4v) is 1.94. The molecule has 0 aromatic carbocycles. The van der Waals surface area contributed by atoms with Crippen molar-refractivity contribution in [3.05, 3.63) is 0 Å². The summed E-state index contributed by atoms with van der Waals surface area (Å²) >= 11 is 0. The number of ether oxygens (including phenoxy) is 1. The molecule has 1 rings (SSSR count). The minimum atomic E-state index is 0.382. The van der Waals surface area contributed by atoms with Crippen LogP contribution in [0.25, 0.3) is 0 Å². The SMILES string of the molecule is CCCCC(C)NCC1CN(C)CCO1. The lowest BCUT2D eigenvalue weighted by molar-refractivity contribution is -0.0191. The van der Waals surface area contributed by atoms with E-state index in [2.05, 4.69) is 31.1 Å². The maximum Gasteiger partial charge on any atom is 0.0826 e. The van der Waals surface area contributed by atoms with Crippen LogP contribution in [0.5, 0.6) is 0 Å². The highest BCUT2D eigenvalue weighted by Crippen LogP contribution is 2.04. The molecule has 2 unspecified atom stereocenters. The molecule has 1 aliphatic rings. The summed E-state index contributed by atoms with van der Waals surface area (Å²) in [6.07, 6.45) is 4.26. The molecule has 0 spiro atoms. The van der Waals surface area contributed by atoms with Gasteiger partial charge in [0.1, 0.15) is 0 Å². The van der Waals surface area contributed by atoms with Gasteiger partial charge in [0, 0.05) is 25.7 Å². The zero-order chi connectivity index (χ0) is 11.1. The number of morpholine rings is 1. The first-order chi connectivity index (χ1) is 7.22. The number of unbranched alkanes of at least 4 members (excludes halogenated alkanes) is 1. The van der Waals surface area contributed by atoms with Crippen LogP contribution in [0.15, 0.2) is 0 Å². The first-order valence-electron chi connectivity index (χ1n) is 6.26. The summed E-state index contributed by atoms with van der Waals surface area (Å²) in [6, 6.07) is 0.626. The molecular formula is C12H26N2O. The summed E-state index contributed by atoms with van der Waals surface area (Å²) in [6.45, 7) is 8.52. The highest BCUT2D eigenvalue weighted by atomic mass is 16.5. The van der Waals surface area contributed by atoms with Gasteiger partial charge in [-0.25, -0.2) is 0 Å². The Hall–Kier alpha value is -0.120. The highest BCUT2D eigenvalue weighted by molar-refractivity contribution is 4.72. The van der Waals surface area contributed by atoms with E-state index in [1.165, 1.54) is 19.3 Å². The minimum Gasteiger partial charge on any atom is -0.374 e. The smallest absolute Gasteiger partial charge is 0.0826 e. The molecule has 0 aromatic heterocycles. The average molecular weight is 214 g/mol. The lowest BCUT2D eigenvalue weighted by Crippen LogP contribution is -2.46. The van der Waals surface area contributed by atoms with Crippen molar-refractivity contribution in [1.29, 1.82) is 0 Å². The molecule has 0 aromatic rings. The Morgan fingerprint density at radius 2 is 2.33 bits per heavy atom. The Morgan fingerprint density at radius 1 is 1.53 bits per heavy atom. The van der Waals surface area contributed by atoms with Gasteiger partial charge in [-0.2, -0.15) is 0 Å². The number of likely N-dealkylation sites (N-methyl/N-ethyl adjacent to an activating group) is 1. The Bertz CT molecular complexity index is 164. The second-order valence-corrected chi connectivity index (χ2v) is 4.71. The van der Waals surface area contributed by atoms with Gasteiger partial charge in [0.15, 0.2) is 0 Å². The summed E-state index contributed by atoms with van der Waals surface area (Å²) in [7, 11) is 2.16. The third kappa shape index (κ3) is 5.50. The molecule has 1 N–H and O–H groups in total. The Balaban J connectivity index is 2.07. The number of rotatable bonds is 6. The number of nitrogens with zero attached hydrogens (tertiary/aromatic N) is 1. The van der Waals surface area contributed by atoms with Crippen molar-refractivity contribution in [2.45, 2.75) is 45.3 Å². The van der Waals surface area contributed by atoms with Crippen LogP contribution in [-0.4, -0.2) is 50.3 Å². The van der Waals surface area contributed by atoms with Crippen LogP contribution >= 0.6 is 0 Å². The van der Waals surface area contributed by atoms with E-state index in [-0.39, 0.29) is 0 Å². The molecule has 15 heavy (non-hydrogen) atoms. The summed E-state index contributed by atoms with van der Waals surface area (Å²) in [5.74, 6) is 0. The first-order valence-corrected chi connectivity index (χ1v) is 6.26. The number of hydrogen-bond donors (Lipinski definition) is 1. The summed E-state index contributed by atoms with van der Waals surface area (Å²) in [5, 5.41) is 3.56. The molecule has 1 fully saturated rings. The normalized spacial score (nSPS) is 25.4. The van der Waals surface area contributed by atoms with E-state index in [1.54, 1.807) is 0 Å². The van der Waals surface area contributed by atoms with Crippen molar-refractivity contribution in [3.63, 3.8) is 0 Å². The van der Waals surface area contributed by atoms with Gasteiger partial charge in [-0.1, -0.05) is 19.8 Å². The number of nitrogens with one attached hydrogen (secondary N) is 1. The Labute approximate surface area is 94.2 Å². The van der Waals surface area contributed by atoms with Gasteiger partial charge in [0.2, 0.25) is 0 Å². The second kappa shape index (κ2) is 7.20. The van der Waals surface area contributed by atoms with E-state index in [1.807, 2.05) is 0 Å². The predicted molar refractivity (Wildman–Crippen MR) is 64.2 cm³/mol. The first kappa shape index (κ1) is 12.9. The van der Waals surface area contributed by atoms with Crippen LogP contribution in [-0.2, 0) is 4.74 Å². The van der Waals surface area contributed by atoms with Crippen molar-refractivity contribution in [3.8, 4) is 0 Å². The van der Waals surface area contributed by atoms with E-state index in [0.29, 0.717) is 12.1 Å². The molecular weight excluding hydrogens is 188 g/mol. The van der Waals surface area contributed by atoms with Crippen molar-refractivity contribution in [2.24, 2.45) is 0 Å². The van der Waals surface area contributed by atoms with Crippen molar-refractivity contribution in [2.75, 3.05) is 33.3 Å². The van der Waals surface area contributed by atoms with E-state index in [9.17, 15) is 0 Å². The molecule has 3 heteroatoms. The molecule has 2 atom stereocenters. The molecule has 3 nitrogen and oxygen atoms in total. The standard InChI is InChI=1S/C12H26N2O/c1-4-5-6-11(2)13-9-12-10-14(3)7-8-15-12/h11-13H,4-10H2,1-3H3. The third-order valence-electron chi connectivity index (χ3n) is 3.03. The van der Waals surface area contributed by atoms with Crippen LogP contribution in [0.2, 0.25) is 0 Å². The molecule has 1 heterocycles. The summed E-state index contributed by atoms with van der Waals surface area (Å²) in [5.41, 5.74) is 0. The van der Waals surface area contributed by atoms with Crippen molar-refractivity contribution >= 4 is 0 Å². The van der Waals surface area contributed by atoms with Crippen LogP contribution in [0, 0.1) is 0 Å². The van der Waals surface area contributed by atoms with Crippen LogP contribution in [0.4, 0.5) is 0 Å². The third-order valence-corrected chi connectivity index (χ3v) is 3.03. The van der Waals surface area contributed by atoms with Crippen molar-refractivity contribution in [1.82, 2.24) is 10.2 Å². The molecule has 1 saturated heterocycles. The Kier molecular flexibility index (Phi) is 6.22. The number of hydrogen-bond acceptors (Lipinski definition) is 3. The monoisotopic (exact) mass is 214 g/mol. The van der Waals surface area contributed by atoms with Gasteiger partial charge in [0.25, 0.3) is 0 Å². The molecule has 0 radical (unpaired) electrons. The Morgan fingerprint density at radius 3 is 3.00 bits per heavy atom. The quantitative estimate of drug-likeness (QED) is 0.725. The van der Waals surface area contributed by atoms with Gasteiger partial charge < -0.3 is 15.0 Å². The van der Waals surface area contributed by atoms with Gasteiger partial charge in [-0.3, -0.25) is 0 Å².